The predicted octanol–water partition coefficient (Wildman–Crippen LogP) is 4.85. The zero-order valence-electron chi connectivity index (χ0n) is 22.6. The maximum absolute atomic E-state index is 12.4. The summed E-state index contributed by atoms with van der Waals surface area (Å²) in [5.74, 6) is -0.890. The SMILES string of the molecule is CC(=N)N1CC[C@H](Oc2ccc([C@H](Cc3ccc4ccc(C(=N)NC(=O)c5cccnc5)cc4c3)C(=O)O)cc2)C1. The van der Waals surface area contributed by atoms with Crippen LogP contribution < -0.4 is 10.1 Å². The first-order valence-electron chi connectivity index (χ1n) is 13.4. The molecule has 0 bridgehead atoms. The Labute approximate surface area is 237 Å². The molecule has 41 heavy (non-hydrogen) atoms. The van der Waals surface area contributed by atoms with Crippen molar-refractivity contribution in [2.24, 2.45) is 0 Å². The Kier molecular flexibility index (Phi) is 8.05. The van der Waals surface area contributed by atoms with Gasteiger partial charge in [-0.05, 0) is 65.6 Å². The lowest BCUT2D eigenvalue weighted by Gasteiger charge is -2.18. The van der Waals surface area contributed by atoms with Gasteiger partial charge >= 0.3 is 5.97 Å². The summed E-state index contributed by atoms with van der Waals surface area (Å²) >= 11 is 0. The van der Waals surface area contributed by atoms with Crippen LogP contribution in [-0.2, 0) is 11.2 Å². The van der Waals surface area contributed by atoms with Crippen LogP contribution in [0.2, 0.25) is 0 Å². The molecular formula is C32H31N5O4. The fourth-order valence-corrected chi connectivity index (χ4v) is 5.02. The lowest BCUT2D eigenvalue weighted by Crippen LogP contribution is -2.30. The lowest BCUT2D eigenvalue weighted by molar-refractivity contribution is -0.138. The molecule has 4 N–H and O–H groups in total. The second-order valence-electron chi connectivity index (χ2n) is 10.2. The number of carboxylic acid groups (broad SMARTS) is 1. The van der Waals surface area contributed by atoms with Gasteiger partial charge in [0.25, 0.3) is 5.91 Å². The first kappa shape index (κ1) is 27.5. The number of nitrogens with one attached hydrogen (secondary N) is 3. The largest absolute Gasteiger partial charge is 0.489 e. The van der Waals surface area contributed by atoms with E-state index < -0.39 is 17.8 Å². The van der Waals surface area contributed by atoms with Gasteiger partial charge in [0.15, 0.2) is 0 Å². The minimum atomic E-state index is -0.916. The zero-order chi connectivity index (χ0) is 28.9. The normalized spacial score (nSPS) is 15.3. The van der Waals surface area contributed by atoms with Crippen LogP contribution in [0.25, 0.3) is 10.8 Å². The van der Waals surface area contributed by atoms with Gasteiger partial charge in [0.05, 0.1) is 23.9 Å². The third kappa shape index (κ3) is 6.58. The Bertz CT molecular complexity index is 1600. The summed E-state index contributed by atoms with van der Waals surface area (Å²) in [6.07, 6.45) is 4.16. The number of ether oxygens (including phenoxy) is 1. The molecule has 0 aliphatic carbocycles. The maximum Gasteiger partial charge on any atom is 0.311 e. The van der Waals surface area contributed by atoms with Gasteiger partial charge < -0.3 is 20.1 Å². The number of amidine groups is 2. The summed E-state index contributed by atoms with van der Waals surface area (Å²) in [4.78, 5) is 30.6. The summed E-state index contributed by atoms with van der Waals surface area (Å²) in [6.45, 7) is 3.25. The van der Waals surface area contributed by atoms with E-state index in [4.69, 9.17) is 15.6 Å². The van der Waals surface area contributed by atoms with E-state index in [1.807, 2.05) is 47.4 Å². The number of fused-ring (bicyclic) bond motifs is 1. The number of likely N-dealkylation sites (tertiary alicyclic amines) is 1. The molecule has 1 fully saturated rings. The molecular weight excluding hydrogens is 518 g/mol. The summed E-state index contributed by atoms with van der Waals surface area (Å²) in [7, 11) is 0. The molecule has 1 aliphatic heterocycles. The number of amides is 1. The number of aromatic nitrogens is 1. The van der Waals surface area contributed by atoms with Crippen LogP contribution in [0.15, 0.2) is 85.2 Å². The van der Waals surface area contributed by atoms with Crippen molar-refractivity contribution in [3.63, 3.8) is 0 Å². The molecule has 2 heterocycles. The van der Waals surface area contributed by atoms with Gasteiger partial charge in [-0.3, -0.25) is 25.4 Å². The van der Waals surface area contributed by atoms with Gasteiger partial charge in [-0.1, -0.05) is 42.5 Å². The Morgan fingerprint density at radius 1 is 1.05 bits per heavy atom. The van der Waals surface area contributed by atoms with Crippen LogP contribution in [0, 0.1) is 10.8 Å². The highest BCUT2D eigenvalue weighted by Crippen LogP contribution is 2.27. The zero-order valence-corrected chi connectivity index (χ0v) is 22.6. The average Bonchev–Trinajstić information content (AvgIpc) is 3.45. The summed E-state index contributed by atoms with van der Waals surface area (Å²) in [6, 6.07) is 21.8. The molecule has 5 rings (SSSR count). The third-order valence-corrected chi connectivity index (χ3v) is 7.30. The highest BCUT2D eigenvalue weighted by atomic mass is 16.5. The molecule has 0 saturated carbocycles. The van der Waals surface area contributed by atoms with Crippen LogP contribution in [0.4, 0.5) is 0 Å². The molecule has 1 saturated heterocycles. The Morgan fingerprint density at radius 2 is 1.83 bits per heavy atom. The summed E-state index contributed by atoms with van der Waals surface area (Å²) in [5.41, 5.74) is 2.43. The lowest BCUT2D eigenvalue weighted by atomic mass is 9.91. The number of carboxylic acids is 1. The van der Waals surface area contributed by atoms with Gasteiger partial charge in [-0.15, -0.1) is 0 Å². The van der Waals surface area contributed by atoms with E-state index in [9.17, 15) is 14.7 Å². The first-order chi connectivity index (χ1) is 19.8. The molecule has 0 spiro atoms. The van der Waals surface area contributed by atoms with E-state index in [0.29, 0.717) is 41.2 Å². The minimum Gasteiger partial charge on any atom is -0.489 e. The van der Waals surface area contributed by atoms with Crippen molar-refractivity contribution in [2.45, 2.75) is 31.8 Å². The van der Waals surface area contributed by atoms with Crippen LogP contribution in [0.1, 0.15) is 46.3 Å². The second-order valence-corrected chi connectivity index (χ2v) is 10.2. The topological polar surface area (TPSA) is 139 Å². The number of carbonyl (C=O) groups excluding carboxylic acids is 1. The molecule has 0 unspecified atom stereocenters. The average molecular weight is 550 g/mol. The van der Waals surface area contributed by atoms with Crippen LogP contribution >= 0.6 is 0 Å². The Morgan fingerprint density at radius 3 is 2.51 bits per heavy atom. The van der Waals surface area contributed by atoms with Gasteiger partial charge in [0.1, 0.15) is 17.7 Å². The number of rotatable bonds is 8. The number of nitrogens with zero attached hydrogens (tertiary/aromatic N) is 2. The van der Waals surface area contributed by atoms with Gasteiger partial charge in [-0.2, -0.15) is 0 Å². The first-order valence-corrected chi connectivity index (χ1v) is 13.4. The van der Waals surface area contributed by atoms with Gasteiger partial charge in [-0.25, -0.2) is 0 Å². The van der Waals surface area contributed by atoms with Gasteiger partial charge in [0, 0.05) is 30.9 Å². The monoisotopic (exact) mass is 549 g/mol. The third-order valence-electron chi connectivity index (χ3n) is 7.30. The van der Waals surface area contributed by atoms with Crippen molar-refractivity contribution >= 4 is 34.3 Å². The fraction of sp³-hybridized carbons (Fsp3) is 0.219. The quantitative estimate of drug-likeness (QED) is 0.183. The standard InChI is InChI=1S/C32H31N5O4/c1-20(33)37-14-12-28(19-37)41-27-10-8-23(9-11-27)29(32(39)40)16-21-4-5-22-6-7-24(17-26(22)15-21)30(34)36-31(38)25-3-2-13-35-18-25/h2-11,13,15,17-18,28-29,33H,12,14,16,19H2,1H3,(H,39,40)(H2,34,36,38)/t28-,29-/m0/s1. The number of pyridine rings is 1. The molecule has 9 nitrogen and oxygen atoms in total. The number of hydrogen-bond donors (Lipinski definition) is 4. The summed E-state index contributed by atoms with van der Waals surface area (Å²) < 4.78 is 6.06. The van der Waals surface area contributed by atoms with E-state index >= 15 is 0 Å². The number of benzene rings is 3. The molecule has 0 radical (unpaired) electrons. The second kappa shape index (κ2) is 12.0. The molecule has 3 aromatic carbocycles. The molecule has 1 aliphatic rings. The number of carbonyl (C=O) groups is 2. The molecule has 2 atom stereocenters. The smallest absolute Gasteiger partial charge is 0.311 e. The van der Waals surface area contributed by atoms with Crippen LogP contribution in [-0.4, -0.2) is 57.7 Å². The van der Waals surface area contributed by atoms with Crippen LogP contribution in [0.5, 0.6) is 5.75 Å². The van der Waals surface area contributed by atoms with E-state index in [1.54, 1.807) is 43.5 Å². The van der Waals surface area contributed by atoms with Crippen LogP contribution in [0.3, 0.4) is 0 Å². The van der Waals surface area contributed by atoms with E-state index in [2.05, 4.69) is 10.3 Å². The molecule has 208 valence electrons. The minimum absolute atomic E-state index is 0.00376. The van der Waals surface area contributed by atoms with Gasteiger partial charge in [0.2, 0.25) is 0 Å². The van der Waals surface area contributed by atoms with Crippen molar-refractivity contribution in [1.82, 2.24) is 15.2 Å². The van der Waals surface area contributed by atoms with Crippen molar-refractivity contribution in [3.05, 3.63) is 107 Å². The maximum atomic E-state index is 12.4. The molecule has 4 aromatic rings. The van der Waals surface area contributed by atoms with Crippen molar-refractivity contribution in [3.8, 4) is 5.75 Å². The highest BCUT2D eigenvalue weighted by Gasteiger charge is 2.25. The number of aliphatic carboxylic acids is 1. The molecule has 9 heteroatoms. The highest BCUT2D eigenvalue weighted by molar-refractivity contribution is 6.12. The fourth-order valence-electron chi connectivity index (χ4n) is 5.02. The molecule has 1 aromatic heterocycles. The van der Waals surface area contributed by atoms with Crippen molar-refractivity contribution in [2.75, 3.05) is 13.1 Å². The number of hydrogen-bond acceptors (Lipinski definition) is 6. The van der Waals surface area contributed by atoms with Crippen molar-refractivity contribution in [1.29, 1.82) is 10.8 Å². The summed E-state index contributed by atoms with van der Waals surface area (Å²) in [5, 5.41) is 30.6. The molecule has 1 amide bonds. The van der Waals surface area contributed by atoms with E-state index in [1.165, 1.54) is 6.20 Å². The van der Waals surface area contributed by atoms with E-state index in [-0.39, 0.29) is 11.9 Å². The predicted molar refractivity (Wildman–Crippen MR) is 157 cm³/mol. The van der Waals surface area contributed by atoms with E-state index in [0.717, 1.165) is 29.3 Å². The Balaban J connectivity index is 1.28. The Hall–Kier alpha value is -5.05. The van der Waals surface area contributed by atoms with Crippen molar-refractivity contribution < 1.29 is 19.4 Å².